The van der Waals surface area contributed by atoms with E-state index < -0.39 is 23.8 Å². The van der Waals surface area contributed by atoms with Crippen LogP contribution in [-0.2, 0) is 9.59 Å². The Kier molecular flexibility index (Phi) is 5.14. The van der Waals surface area contributed by atoms with E-state index in [1.807, 2.05) is 0 Å². The topological polar surface area (TPSA) is 117 Å². The highest BCUT2D eigenvalue weighted by molar-refractivity contribution is 6.39. The Morgan fingerprint density at radius 3 is 2.55 bits per heavy atom. The summed E-state index contributed by atoms with van der Waals surface area (Å²) < 4.78 is 5.65. The van der Waals surface area contributed by atoms with E-state index in [4.69, 9.17) is 16.0 Å². The molecule has 154 valence electrons. The number of halogens is 1. The maximum Gasteiger partial charge on any atom is 0.336 e. The van der Waals surface area contributed by atoms with Gasteiger partial charge in [0.1, 0.15) is 17.1 Å². The van der Waals surface area contributed by atoms with Gasteiger partial charge in [0.25, 0.3) is 11.8 Å². The van der Waals surface area contributed by atoms with Crippen molar-refractivity contribution < 1.29 is 28.7 Å². The van der Waals surface area contributed by atoms with Gasteiger partial charge in [0, 0.05) is 10.6 Å². The van der Waals surface area contributed by atoms with Gasteiger partial charge in [-0.3, -0.25) is 14.9 Å². The lowest BCUT2D eigenvalue weighted by molar-refractivity contribution is -0.122. The molecule has 3 aromatic rings. The van der Waals surface area contributed by atoms with Crippen LogP contribution in [0, 0.1) is 0 Å². The first-order valence-electron chi connectivity index (χ1n) is 8.94. The predicted octanol–water partition coefficient (Wildman–Crippen LogP) is 3.96. The number of nitrogens with zero attached hydrogens (tertiary/aromatic N) is 1. The predicted molar refractivity (Wildman–Crippen MR) is 112 cm³/mol. The summed E-state index contributed by atoms with van der Waals surface area (Å²) in [6.45, 7) is 0. The van der Waals surface area contributed by atoms with Crippen LogP contribution in [0.25, 0.3) is 17.4 Å². The van der Waals surface area contributed by atoms with E-state index in [2.05, 4.69) is 5.32 Å². The van der Waals surface area contributed by atoms with Crippen LogP contribution in [0.1, 0.15) is 16.1 Å². The number of carboxylic acids is 1. The number of hydrogen-bond acceptors (Lipinski definition) is 5. The number of furan rings is 1. The van der Waals surface area contributed by atoms with Gasteiger partial charge in [-0.2, -0.15) is 0 Å². The van der Waals surface area contributed by atoms with Gasteiger partial charge in [0.15, 0.2) is 0 Å². The van der Waals surface area contributed by atoms with Crippen molar-refractivity contribution in [1.29, 1.82) is 0 Å². The Hall–Kier alpha value is -4.17. The Labute approximate surface area is 180 Å². The number of aromatic carboxylic acids is 1. The molecule has 4 rings (SSSR count). The van der Waals surface area contributed by atoms with Crippen LogP contribution in [0.3, 0.4) is 0 Å². The highest BCUT2D eigenvalue weighted by Gasteiger charge is 2.37. The Balaban J connectivity index is 1.70. The number of carbonyl (C=O) groups excluding carboxylic acids is 3. The summed E-state index contributed by atoms with van der Waals surface area (Å²) in [5, 5.41) is 11.8. The lowest BCUT2D eigenvalue weighted by Gasteiger charge is -2.26. The first-order valence-corrected chi connectivity index (χ1v) is 9.32. The first-order chi connectivity index (χ1) is 14.8. The quantitative estimate of drug-likeness (QED) is 0.472. The van der Waals surface area contributed by atoms with Crippen LogP contribution in [0.5, 0.6) is 0 Å². The summed E-state index contributed by atoms with van der Waals surface area (Å²) >= 11 is 5.94. The molecule has 0 radical (unpaired) electrons. The summed E-state index contributed by atoms with van der Waals surface area (Å²) in [5.41, 5.74) is 0.256. The van der Waals surface area contributed by atoms with E-state index in [1.165, 1.54) is 36.4 Å². The molecule has 1 aromatic heterocycles. The number of barbiturate groups is 1. The molecule has 0 saturated carbocycles. The van der Waals surface area contributed by atoms with Crippen LogP contribution >= 0.6 is 11.6 Å². The molecule has 0 atom stereocenters. The smallest absolute Gasteiger partial charge is 0.336 e. The lowest BCUT2D eigenvalue weighted by atomic mass is 10.1. The van der Waals surface area contributed by atoms with Gasteiger partial charge in [0.05, 0.1) is 11.3 Å². The zero-order chi connectivity index (χ0) is 22.1. The van der Waals surface area contributed by atoms with E-state index in [0.29, 0.717) is 10.6 Å². The van der Waals surface area contributed by atoms with Gasteiger partial charge in [-0.25, -0.2) is 14.5 Å². The van der Waals surface area contributed by atoms with E-state index in [0.717, 1.165) is 4.90 Å². The number of carbonyl (C=O) groups is 4. The van der Waals surface area contributed by atoms with E-state index in [1.54, 1.807) is 30.3 Å². The minimum atomic E-state index is -1.12. The van der Waals surface area contributed by atoms with Gasteiger partial charge in [-0.15, -0.1) is 0 Å². The summed E-state index contributed by atoms with van der Waals surface area (Å²) in [6.07, 6.45) is 1.19. The third kappa shape index (κ3) is 3.84. The van der Waals surface area contributed by atoms with Crippen molar-refractivity contribution in [2.75, 3.05) is 4.90 Å². The summed E-state index contributed by atoms with van der Waals surface area (Å²) in [5.74, 6) is -2.47. The van der Waals surface area contributed by atoms with Crippen LogP contribution in [-0.4, -0.2) is 28.9 Å². The second-order valence-corrected chi connectivity index (χ2v) is 6.93. The van der Waals surface area contributed by atoms with Gasteiger partial charge in [-0.1, -0.05) is 35.9 Å². The van der Waals surface area contributed by atoms with Crippen LogP contribution < -0.4 is 10.2 Å². The molecule has 1 aliphatic heterocycles. The first kappa shape index (κ1) is 20.1. The van der Waals surface area contributed by atoms with Crippen molar-refractivity contribution in [3.63, 3.8) is 0 Å². The third-order valence-electron chi connectivity index (χ3n) is 4.50. The molecule has 1 aliphatic rings. The van der Waals surface area contributed by atoms with E-state index in [9.17, 15) is 24.3 Å². The van der Waals surface area contributed by atoms with Gasteiger partial charge < -0.3 is 9.52 Å². The van der Waals surface area contributed by atoms with Crippen molar-refractivity contribution >= 4 is 47.2 Å². The maximum absolute atomic E-state index is 12.9. The zero-order valence-corrected chi connectivity index (χ0v) is 16.4. The lowest BCUT2D eigenvalue weighted by Crippen LogP contribution is -2.54. The number of rotatable bonds is 4. The number of benzene rings is 2. The molecule has 0 spiro atoms. The molecule has 1 fully saturated rings. The summed E-state index contributed by atoms with van der Waals surface area (Å²) in [6, 6.07) is 14.5. The molecule has 4 amide bonds. The molecule has 1 saturated heterocycles. The molecule has 0 bridgehead atoms. The second-order valence-electron chi connectivity index (χ2n) is 6.49. The highest BCUT2D eigenvalue weighted by atomic mass is 35.5. The van der Waals surface area contributed by atoms with Crippen molar-refractivity contribution in [2.45, 2.75) is 0 Å². The normalized spacial score (nSPS) is 15.3. The van der Waals surface area contributed by atoms with Crippen LogP contribution in [0.15, 0.2) is 70.7 Å². The number of nitrogens with one attached hydrogen (secondary N) is 1. The Bertz CT molecular complexity index is 1280. The minimum Gasteiger partial charge on any atom is -0.478 e. The molecule has 0 aliphatic carbocycles. The van der Waals surface area contributed by atoms with Crippen molar-refractivity contribution in [3.05, 3.63) is 82.6 Å². The molecule has 2 heterocycles. The van der Waals surface area contributed by atoms with Crippen molar-refractivity contribution in [1.82, 2.24) is 5.32 Å². The van der Waals surface area contributed by atoms with Crippen LogP contribution in [0.2, 0.25) is 5.02 Å². The van der Waals surface area contributed by atoms with E-state index >= 15 is 0 Å². The number of hydrogen-bond donors (Lipinski definition) is 2. The fraction of sp³-hybridized carbons (Fsp3) is 0. The largest absolute Gasteiger partial charge is 0.478 e. The standard InChI is InChI=1S/C22H13ClN2O6/c23-12-4-3-5-13(10-12)25-20(27)17(19(26)24-22(25)30)11-14-8-9-18(31-14)15-6-1-2-7-16(15)21(28)29/h1-11H,(H,28,29)(H,24,26,30)/b17-11-. The minimum absolute atomic E-state index is 0.0419. The van der Waals surface area contributed by atoms with E-state index in [-0.39, 0.29) is 28.3 Å². The summed E-state index contributed by atoms with van der Waals surface area (Å²) in [4.78, 5) is 49.7. The molecular formula is C22H13ClN2O6. The average Bonchev–Trinajstić information content (AvgIpc) is 3.19. The van der Waals surface area contributed by atoms with Crippen molar-refractivity contribution in [2.24, 2.45) is 0 Å². The maximum atomic E-state index is 12.9. The molecule has 31 heavy (non-hydrogen) atoms. The Morgan fingerprint density at radius 1 is 1.03 bits per heavy atom. The SMILES string of the molecule is O=C1NC(=O)N(c2cccc(Cl)c2)C(=O)/C1=C\c1ccc(-c2ccccc2C(=O)O)o1. The fourth-order valence-corrected chi connectivity index (χ4v) is 3.29. The molecule has 0 unspecified atom stereocenters. The number of urea groups is 1. The van der Waals surface area contributed by atoms with Crippen LogP contribution in [0.4, 0.5) is 10.5 Å². The number of imide groups is 2. The fourth-order valence-electron chi connectivity index (χ4n) is 3.11. The van der Waals surface area contributed by atoms with Gasteiger partial charge in [0.2, 0.25) is 0 Å². The molecule has 9 heteroatoms. The zero-order valence-electron chi connectivity index (χ0n) is 15.7. The third-order valence-corrected chi connectivity index (χ3v) is 4.74. The number of anilines is 1. The van der Waals surface area contributed by atoms with Crippen molar-refractivity contribution in [3.8, 4) is 11.3 Å². The highest BCUT2D eigenvalue weighted by Crippen LogP contribution is 2.28. The molecule has 8 nitrogen and oxygen atoms in total. The Morgan fingerprint density at radius 2 is 1.81 bits per heavy atom. The van der Waals surface area contributed by atoms with Gasteiger partial charge >= 0.3 is 12.0 Å². The molecule has 2 aromatic carbocycles. The number of carboxylic acid groups (broad SMARTS) is 1. The second kappa shape index (κ2) is 7.92. The average molecular weight is 437 g/mol. The van der Waals surface area contributed by atoms with Gasteiger partial charge in [-0.05, 0) is 42.5 Å². The number of amides is 4. The summed E-state index contributed by atoms with van der Waals surface area (Å²) in [7, 11) is 0. The monoisotopic (exact) mass is 436 g/mol. The molecular weight excluding hydrogens is 424 g/mol. The molecule has 2 N–H and O–H groups in total.